The van der Waals surface area contributed by atoms with E-state index in [1.807, 2.05) is 18.2 Å². The Morgan fingerprint density at radius 1 is 1.62 bits per heavy atom. The smallest absolute Gasteiger partial charge is 0.243 e. The number of hydrogen-bond acceptors (Lipinski definition) is 4. The molecule has 1 heterocycles. The number of carbonyl (C=O) groups is 1. The van der Waals surface area contributed by atoms with Gasteiger partial charge in [-0.3, -0.25) is 4.79 Å². The van der Waals surface area contributed by atoms with Gasteiger partial charge in [-0.15, -0.1) is 0 Å². The average molecular weight is 221 g/mol. The SMILES string of the molecule is N[C@@H](CO)C(=O)Nc1ccc2c(c1)NCC2. The van der Waals surface area contributed by atoms with Crippen LogP contribution in [-0.2, 0) is 11.2 Å². The van der Waals surface area contributed by atoms with Crippen LogP contribution in [0.4, 0.5) is 11.4 Å². The van der Waals surface area contributed by atoms with E-state index in [2.05, 4.69) is 10.6 Å². The number of hydrogen-bond donors (Lipinski definition) is 4. The molecule has 1 aromatic carbocycles. The molecular weight excluding hydrogens is 206 g/mol. The van der Waals surface area contributed by atoms with Crippen LogP contribution in [0, 0.1) is 0 Å². The first-order chi connectivity index (χ1) is 7.70. The van der Waals surface area contributed by atoms with E-state index in [9.17, 15) is 4.79 Å². The molecule has 0 bridgehead atoms. The molecule has 0 aromatic heterocycles. The molecule has 5 N–H and O–H groups in total. The molecule has 0 saturated carbocycles. The van der Waals surface area contributed by atoms with Gasteiger partial charge in [-0.25, -0.2) is 0 Å². The number of aliphatic hydroxyl groups is 1. The molecule has 1 atom stereocenters. The maximum Gasteiger partial charge on any atom is 0.243 e. The minimum Gasteiger partial charge on any atom is -0.394 e. The quantitative estimate of drug-likeness (QED) is 0.574. The van der Waals surface area contributed by atoms with Gasteiger partial charge >= 0.3 is 0 Å². The van der Waals surface area contributed by atoms with E-state index in [1.54, 1.807) is 0 Å². The summed E-state index contributed by atoms with van der Waals surface area (Å²) < 4.78 is 0. The summed E-state index contributed by atoms with van der Waals surface area (Å²) in [6, 6.07) is 4.83. The number of benzene rings is 1. The second-order valence-electron chi connectivity index (χ2n) is 3.83. The van der Waals surface area contributed by atoms with Gasteiger partial charge in [-0.05, 0) is 24.1 Å². The van der Waals surface area contributed by atoms with E-state index in [1.165, 1.54) is 5.56 Å². The summed E-state index contributed by atoms with van der Waals surface area (Å²) in [5, 5.41) is 14.6. The Balaban J connectivity index is 2.08. The molecule has 1 amide bonds. The molecule has 1 aromatic rings. The summed E-state index contributed by atoms with van der Waals surface area (Å²) in [5.41, 5.74) is 8.40. The predicted octanol–water partition coefficient (Wildman–Crippen LogP) is -0.0873. The molecule has 0 radical (unpaired) electrons. The fourth-order valence-corrected chi connectivity index (χ4v) is 1.69. The third kappa shape index (κ3) is 2.15. The molecule has 5 nitrogen and oxygen atoms in total. The number of carbonyl (C=O) groups excluding carboxylic acids is 1. The third-order valence-corrected chi connectivity index (χ3v) is 2.62. The maximum absolute atomic E-state index is 11.4. The number of amides is 1. The fourth-order valence-electron chi connectivity index (χ4n) is 1.69. The van der Waals surface area contributed by atoms with Crippen LogP contribution < -0.4 is 16.4 Å². The van der Waals surface area contributed by atoms with Gasteiger partial charge < -0.3 is 21.5 Å². The summed E-state index contributed by atoms with van der Waals surface area (Å²) in [7, 11) is 0. The van der Waals surface area contributed by atoms with Crippen molar-refractivity contribution >= 4 is 17.3 Å². The van der Waals surface area contributed by atoms with Crippen molar-refractivity contribution in [2.45, 2.75) is 12.5 Å². The molecule has 1 aliphatic rings. The van der Waals surface area contributed by atoms with Crippen LogP contribution in [0.1, 0.15) is 5.56 Å². The lowest BCUT2D eigenvalue weighted by Crippen LogP contribution is -2.38. The highest BCUT2D eigenvalue weighted by molar-refractivity contribution is 5.95. The first-order valence-electron chi connectivity index (χ1n) is 5.25. The van der Waals surface area contributed by atoms with E-state index in [0.29, 0.717) is 5.69 Å². The van der Waals surface area contributed by atoms with Crippen LogP contribution >= 0.6 is 0 Å². The largest absolute Gasteiger partial charge is 0.394 e. The van der Waals surface area contributed by atoms with Gasteiger partial charge in [0.25, 0.3) is 0 Å². The lowest BCUT2D eigenvalue weighted by Gasteiger charge is -2.10. The molecule has 16 heavy (non-hydrogen) atoms. The molecule has 0 fully saturated rings. The first-order valence-corrected chi connectivity index (χ1v) is 5.25. The van der Waals surface area contributed by atoms with Crippen molar-refractivity contribution in [3.63, 3.8) is 0 Å². The van der Waals surface area contributed by atoms with Crippen molar-refractivity contribution < 1.29 is 9.90 Å². The number of nitrogens with two attached hydrogens (primary N) is 1. The van der Waals surface area contributed by atoms with E-state index in [-0.39, 0.29) is 12.5 Å². The Hall–Kier alpha value is -1.59. The van der Waals surface area contributed by atoms with Gasteiger partial charge in [0.15, 0.2) is 0 Å². The van der Waals surface area contributed by atoms with Gasteiger partial charge in [0.1, 0.15) is 6.04 Å². The monoisotopic (exact) mass is 221 g/mol. The summed E-state index contributed by atoms with van der Waals surface area (Å²) >= 11 is 0. The standard InChI is InChI=1S/C11H15N3O2/c12-9(6-15)11(16)14-8-2-1-7-3-4-13-10(7)5-8/h1-2,5,9,13,15H,3-4,6,12H2,(H,14,16)/t9-/m0/s1. The van der Waals surface area contributed by atoms with Gasteiger partial charge in [0.2, 0.25) is 5.91 Å². The van der Waals surface area contributed by atoms with Gasteiger partial charge in [-0.2, -0.15) is 0 Å². The highest BCUT2D eigenvalue weighted by atomic mass is 16.3. The van der Waals surface area contributed by atoms with Crippen molar-refractivity contribution in [3.05, 3.63) is 23.8 Å². The molecule has 86 valence electrons. The topological polar surface area (TPSA) is 87.4 Å². The highest BCUT2D eigenvalue weighted by Gasteiger charge is 2.14. The number of nitrogens with one attached hydrogen (secondary N) is 2. The lowest BCUT2D eigenvalue weighted by atomic mass is 10.1. The average Bonchev–Trinajstić information content (AvgIpc) is 2.75. The molecule has 0 unspecified atom stereocenters. The maximum atomic E-state index is 11.4. The van der Waals surface area contributed by atoms with Crippen molar-refractivity contribution in [2.75, 3.05) is 23.8 Å². The van der Waals surface area contributed by atoms with E-state index >= 15 is 0 Å². The molecule has 0 spiro atoms. The van der Waals surface area contributed by atoms with Crippen LogP contribution in [0.25, 0.3) is 0 Å². The van der Waals surface area contributed by atoms with Crippen molar-refractivity contribution in [1.29, 1.82) is 0 Å². The minimum absolute atomic E-state index is 0.352. The van der Waals surface area contributed by atoms with Gasteiger partial charge in [0.05, 0.1) is 6.61 Å². The summed E-state index contributed by atoms with van der Waals surface area (Å²) in [4.78, 5) is 11.4. The molecule has 2 rings (SSSR count). The number of rotatable bonds is 3. The second-order valence-corrected chi connectivity index (χ2v) is 3.83. The number of anilines is 2. The summed E-state index contributed by atoms with van der Waals surface area (Å²) in [6.45, 7) is 0.581. The third-order valence-electron chi connectivity index (χ3n) is 2.62. The molecule has 5 heteroatoms. The Morgan fingerprint density at radius 2 is 2.44 bits per heavy atom. The zero-order valence-electron chi connectivity index (χ0n) is 8.86. The number of fused-ring (bicyclic) bond motifs is 1. The highest BCUT2D eigenvalue weighted by Crippen LogP contribution is 2.25. The van der Waals surface area contributed by atoms with E-state index < -0.39 is 6.04 Å². The zero-order chi connectivity index (χ0) is 11.5. The Kier molecular flexibility index (Phi) is 3.07. The van der Waals surface area contributed by atoms with Crippen LogP contribution in [0.2, 0.25) is 0 Å². The Morgan fingerprint density at radius 3 is 3.19 bits per heavy atom. The van der Waals surface area contributed by atoms with E-state index in [0.717, 1.165) is 18.7 Å². The molecule has 0 saturated heterocycles. The van der Waals surface area contributed by atoms with Crippen molar-refractivity contribution in [2.24, 2.45) is 5.73 Å². The number of aliphatic hydroxyl groups excluding tert-OH is 1. The van der Waals surface area contributed by atoms with Crippen LogP contribution in [-0.4, -0.2) is 30.2 Å². The van der Waals surface area contributed by atoms with Crippen LogP contribution in [0.3, 0.4) is 0 Å². The second kappa shape index (κ2) is 4.51. The minimum atomic E-state index is -0.874. The molecular formula is C11H15N3O2. The fraction of sp³-hybridized carbons (Fsp3) is 0.364. The Bertz CT molecular complexity index is 406. The summed E-state index contributed by atoms with van der Waals surface area (Å²) in [6.07, 6.45) is 1.01. The van der Waals surface area contributed by atoms with Crippen molar-refractivity contribution in [3.8, 4) is 0 Å². The van der Waals surface area contributed by atoms with E-state index in [4.69, 9.17) is 10.8 Å². The van der Waals surface area contributed by atoms with Crippen LogP contribution in [0.15, 0.2) is 18.2 Å². The zero-order valence-corrected chi connectivity index (χ0v) is 8.86. The Labute approximate surface area is 93.6 Å². The van der Waals surface area contributed by atoms with Gasteiger partial charge in [0, 0.05) is 17.9 Å². The normalized spacial score (nSPS) is 15.1. The lowest BCUT2D eigenvalue weighted by molar-refractivity contribution is -0.118. The predicted molar refractivity (Wildman–Crippen MR) is 62.3 cm³/mol. The molecule has 1 aliphatic heterocycles. The van der Waals surface area contributed by atoms with Gasteiger partial charge in [-0.1, -0.05) is 6.07 Å². The summed E-state index contributed by atoms with van der Waals surface area (Å²) in [5.74, 6) is -0.375. The molecule has 0 aliphatic carbocycles. The van der Waals surface area contributed by atoms with Crippen molar-refractivity contribution in [1.82, 2.24) is 0 Å². The van der Waals surface area contributed by atoms with Crippen LogP contribution in [0.5, 0.6) is 0 Å². The first kappa shape index (κ1) is 10.9.